The van der Waals surface area contributed by atoms with E-state index in [0.717, 1.165) is 25.2 Å². The van der Waals surface area contributed by atoms with Crippen LogP contribution >= 0.6 is 0 Å². The summed E-state index contributed by atoms with van der Waals surface area (Å²) in [6, 6.07) is 4.57. The molecule has 0 saturated carbocycles. The van der Waals surface area contributed by atoms with Gasteiger partial charge in [-0.15, -0.1) is 0 Å². The SMILES string of the molecule is CN1CC[C@@H](O)[C@H](Oc2ccc(C(F)(F)F)cc2)CC1. The van der Waals surface area contributed by atoms with Gasteiger partial charge in [-0.25, -0.2) is 0 Å². The molecule has 20 heavy (non-hydrogen) atoms. The fourth-order valence-electron chi connectivity index (χ4n) is 2.23. The second-order valence-corrected chi connectivity index (χ2v) is 5.13. The summed E-state index contributed by atoms with van der Waals surface area (Å²) < 4.78 is 43.0. The summed E-state index contributed by atoms with van der Waals surface area (Å²) in [5.74, 6) is 0.353. The minimum atomic E-state index is -4.34. The van der Waals surface area contributed by atoms with E-state index < -0.39 is 17.8 Å². The second-order valence-electron chi connectivity index (χ2n) is 5.13. The first-order valence-electron chi connectivity index (χ1n) is 6.57. The van der Waals surface area contributed by atoms with E-state index in [0.29, 0.717) is 18.6 Å². The zero-order chi connectivity index (χ0) is 14.8. The summed E-state index contributed by atoms with van der Waals surface area (Å²) >= 11 is 0. The highest BCUT2D eigenvalue weighted by Crippen LogP contribution is 2.30. The smallest absolute Gasteiger partial charge is 0.416 e. The van der Waals surface area contributed by atoms with E-state index in [2.05, 4.69) is 4.90 Å². The predicted octanol–water partition coefficient (Wildman–Crippen LogP) is 2.54. The van der Waals surface area contributed by atoms with Gasteiger partial charge >= 0.3 is 6.18 Å². The van der Waals surface area contributed by atoms with E-state index in [4.69, 9.17) is 4.74 Å². The largest absolute Gasteiger partial charge is 0.488 e. The fourth-order valence-corrected chi connectivity index (χ4v) is 2.23. The molecule has 1 aliphatic rings. The van der Waals surface area contributed by atoms with Gasteiger partial charge in [-0.1, -0.05) is 0 Å². The van der Waals surface area contributed by atoms with Crippen molar-refractivity contribution in [3.05, 3.63) is 29.8 Å². The van der Waals surface area contributed by atoms with Crippen molar-refractivity contribution in [1.82, 2.24) is 4.90 Å². The molecule has 3 nitrogen and oxygen atoms in total. The van der Waals surface area contributed by atoms with Crippen molar-refractivity contribution in [3.63, 3.8) is 0 Å². The molecule has 6 heteroatoms. The average Bonchev–Trinajstić information content (AvgIpc) is 2.54. The molecule has 2 rings (SSSR count). The molecule has 1 heterocycles. The van der Waals surface area contributed by atoms with E-state index in [9.17, 15) is 18.3 Å². The van der Waals surface area contributed by atoms with Gasteiger partial charge in [0, 0.05) is 13.1 Å². The lowest BCUT2D eigenvalue weighted by atomic mass is 10.1. The zero-order valence-corrected chi connectivity index (χ0v) is 11.2. The van der Waals surface area contributed by atoms with Gasteiger partial charge in [0.05, 0.1) is 11.7 Å². The molecular weight excluding hydrogens is 271 g/mol. The predicted molar refractivity (Wildman–Crippen MR) is 68.6 cm³/mol. The molecule has 2 atom stereocenters. The first kappa shape index (κ1) is 15.1. The highest BCUT2D eigenvalue weighted by atomic mass is 19.4. The van der Waals surface area contributed by atoms with E-state index in [1.807, 2.05) is 7.05 Å². The van der Waals surface area contributed by atoms with Crippen molar-refractivity contribution >= 4 is 0 Å². The molecule has 1 saturated heterocycles. The van der Waals surface area contributed by atoms with Crippen molar-refractivity contribution in [3.8, 4) is 5.75 Å². The van der Waals surface area contributed by atoms with Gasteiger partial charge in [-0.3, -0.25) is 0 Å². The molecule has 1 aromatic carbocycles. The second kappa shape index (κ2) is 6.01. The van der Waals surface area contributed by atoms with Crippen LogP contribution in [0.3, 0.4) is 0 Å². The van der Waals surface area contributed by atoms with Gasteiger partial charge in [-0.2, -0.15) is 13.2 Å². The molecule has 0 aliphatic carbocycles. The number of aliphatic hydroxyl groups is 1. The van der Waals surface area contributed by atoms with E-state index in [-0.39, 0.29) is 6.10 Å². The van der Waals surface area contributed by atoms with Crippen molar-refractivity contribution in [2.45, 2.75) is 31.2 Å². The molecule has 0 amide bonds. The van der Waals surface area contributed by atoms with Crippen molar-refractivity contribution in [1.29, 1.82) is 0 Å². The summed E-state index contributed by atoms with van der Waals surface area (Å²) in [4.78, 5) is 2.10. The van der Waals surface area contributed by atoms with Crippen LogP contribution in [-0.4, -0.2) is 42.4 Å². The number of aliphatic hydroxyl groups excluding tert-OH is 1. The number of ether oxygens (including phenoxy) is 1. The highest BCUT2D eigenvalue weighted by Gasteiger charge is 2.30. The van der Waals surface area contributed by atoms with Crippen LogP contribution in [0.4, 0.5) is 13.2 Å². The van der Waals surface area contributed by atoms with Gasteiger partial charge in [0.15, 0.2) is 0 Å². The van der Waals surface area contributed by atoms with Gasteiger partial charge < -0.3 is 14.7 Å². The van der Waals surface area contributed by atoms with E-state index in [1.165, 1.54) is 12.1 Å². The Balaban J connectivity index is 2.02. The van der Waals surface area contributed by atoms with Crippen LogP contribution in [0.15, 0.2) is 24.3 Å². The number of hydrogen-bond donors (Lipinski definition) is 1. The summed E-state index contributed by atoms with van der Waals surface area (Å²) in [6.07, 6.45) is -4.07. The fraction of sp³-hybridized carbons (Fsp3) is 0.571. The Morgan fingerprint density at radius 2 is 1.75 bits per heavy atom. The van der Waals surface area contributed by atoms with Crippen LogP contribution in [0.25, 0.3) is 0 Å². The number of likely N-dealkylation sites (tertiary alicyclic amines) is 1. The van der Waals surface area contributed by atoms with Crippen LogP contribution in [-0.2, 0) is 6.18 Å². The number of halogens is 3. The van der Waals surface area contributed by atoms with Crippen LogP contribution in [0.2, 0.25) is 0 Å². The van der Waals surface area contributed by atoms with Crippen LogP contribution < -0.4 is 4.74 Å². The number of benzene rings is 1. The number of rotatable bonds is 2. The molecule has 1 aromatic rings. The molecule has 0 radical (unpaired) electrons. The molecule has 1 fully saturated rings. The molecule has 0 aromatic heterocycles. The Kier molecular flexibility index (Phi) is 4.55. The van der Waals surface area contributed by atoms with E-state index in [1.54, 1.807) is 0 Å². The van der Waals surface area contributed by atoms with Crippen LogP contribution in [0.1, 0.15) is 18.4 Å². The van der Waals surface area contributed by atoms with E-state index >= 15 is 0 Å². The monoisotopic (exact) mass is 289 g/mol. The van der Waals surface area contributed by atoms with Gasteiger partial charge in [0.25, 0.3) is 0 Å². The Morgan fingerprint density at radius 1 is 1.15 bits per heavy atom. The van der Waals surface area contributed by atoms with Gasteiger partial charge in [0.2, 0.25) is 0 Å². The third kappa shape index (κ3) is 3.86. The molecule has 0 bridgehead atoms. The molecule has 1 N–H and O–H groups in total. The maximum Gasteiger partial charge on any atom is 0.416 e. The Hall–Kier alpha value is -1.27. The molecule has 1 aliphatic heterocycles. The molecule has 0 unspecified atom stereocenters. The lowest BCUT2D eigenvalue weighted by Gasteiger charge is -2.22. The third-order valence-electron chi connectivity index (χ3n) is 3.50. The summed E-state index contributed by atoms with van der Waals surface area (Å²) in [5, 5.41) is 9.98. The first-order valence-corrected chi connectivity index (χ1v) is 6.57. The highest BCUT2D eigenvalue weighted by molar-refractivity contribution is 5.29. The normalized spacial score (nSPS) is 25.2. The topological polar surface area (TPSA) is 32.7 Å². The minimum Gasteiger partial charge on any atom is -0.488 e. The molecule has 112 valence electrons. The van der Waals surface area contributed by atoms with Gasteiger partial charge in [0.1, 0.15) is 11.9 Å². The summed E-state index contributed by atoms with van der Waals surface area (Å²) in [7, 11) is 1.97. The Bertz CT molecular complexity index is 433. The minimum absolute atomic E-state index is 0.353. The van der Waals surface area contributed by atoms with Crippen LogP contribution in [0, 0.1) is 0 Å². The lowest BCUT2D eigenvalue weighted by Crippen LogP contribution is -2.31. The number of hydrogen-bond acceptors (Lipinski definition) is 3. The average molecular weight is 289 g/mol. The molecular formula is C14H18F3NO2. The Labute approximate surface area is 116 Å². The van der Waals surface area contributed by atoms with Gasteiger partial charge in [-0.05, 0) is 44.2 Å². The Morgan fingerprint density at radius 3 is 2.35 bits per heavy atom. The number of nitrogens with zero attached hydrogens (tertiary/aromatic N) is 1. The van der Waals surface area contributed by atoms with Crippen LogP contribution in [0.5, 0.6) is 5.75 Å². The zero-order valence-electron chi connectivity index (χ0n) is 11.2. The maximum absolute atomic E-state index is 12.5. The maximum atomic E-state index is 12.5. The first-order chi connectivity index (χ1) is 9.36. The standard InChI is InChI=1S/C14H18F3NO2/c1-18-8-6-12(19)13(7-9-18)20-11-4-2-10(3-5-11)14(15,16)17/h2-5,12-13,19H,6-9H2,1H3/t12-,13-/m1/s1. The van der Waals surface area contributed by atoms with Crippen molar-refractivity contribution in [2.24, 2.45) is 0 Å². The molecule has 0 spiro atoms. The quantitative estimate of drug-likeness (QED) is 0.908. The number of alkyl halides is 3. The summed E-state index contributed by atoms with van der Waals surface area (Å²) in [5.41, 5.74) is -0.703. The summed E-state index contributed by atoms with van der Waals surface area (Å²) in [6.45, 7) is 1.58. The lowest BCUT2D eigenvalue weighted by molar-refractivity contribution is -0.137. The third-order valence-corrected chi connectivity index (χ3v) is 3.50. The van der Waals surface area contributed by atoms with Crippen molar-refractivity contribution in [2.75, 3.05) is 20.1 Å². The van der Waals surface area contributed by atoms with Crippen molar-refractivity contribution < 1.29 is 23.0 Å².